The number of esters is 1. The van der Waals surface area contributed by atoms with Crippen LogP contribution in [0, 0.1) is 13.8 Å². The number of furan rings is 1. The molecule has 0 unspecified atom stereocenters. The minimum absolute atomic E-state index is 0.0713. The number of carbonyl (C=O) groups is 1. The highest BCUT2D eigenvalue weighted by Crippen LogP contribution is 2.33. The minimum Gasteiger partial charge on any atom is -0.471 e. The van der Waals surface area contributed by atoms with Gasteiger partial charge >= 0.3 is 5.97 Å². The number of hydrogen-bond acceptors (Lipinski definition) is 6. The van der Waals surface area contributed by atoms with Crippen LogP contribution in [0.2, 0.25) is 0 Å². The Morgan fingerprint density at radius 1 is 1.27 bits per heavy atom. The minimum atomic E-state index is -0.963. The average molecular weight is 356 g/mol. The van der Waals surface area contributed by atoms with Crippen LogP contribution >= 0.6 is 0 Å². The van der Waals surface area contributed by atoms with Crippen LogP contribution < -0.4 is 10.2 Å². The van der Waals surface area contributed by atoms with E-state index in [0.29, 0.717) is 16.7 Å². The van der Waals surface area contributed by atoms with Crippen LogP contribution in [-0.2, 0) is 9.53 Å². The van der Waals surface area contributed by atoms with E-state index in [-0.39, 0.29) is 23.5 Å². The summed E-state index contributed by atoms with van der Waals surface area (Å²) >= 11 is 0. The van der Waals surface area contributed by atoms with Gasteiger partial charge in [0.25, 0.3) is 0 Å². The third-order valence-electron chi connectivity index (χ3n) is 3.94. The summed E-state index contributed by atoms with van der Waals surface area (Å²) in [5.41, 5.74) is 1.86. The molecule has 0 amide bonds. The molecule has 0 aliphatic carbocycles. The van der Waals surface area contributed by atoms with Gasteiger partial charge in [-0.2, -0.15) is 0 Å². The van der Waals surface area contributed by atoms with Gasteiger partial charge in [0.1, 0.15) is 5.58 Å². The Kier molecular flexibility index (Phi) is 4.84. The van der Waals surface area contributed by atoms with Crippen LogP contribution in [0.1, 0.15) is 25.0 Å². The molecular formula is C20H20O6. The second-order valence-corrected chi connectivity index (χ2v) is 6.04. The summed E-state index contributed by atoms with van der Waals surface area (Å²) in [5.74, 6) is -0.138. The lowest BCUT2D eigenvalue weighted by atomic mass is 10.1. The van der Waals surface area contributed by atoms with Crippen molar-refractivity contribution in [2.75, 3.05) is 6.61 Å². The van der Waals surface area contributed by atoms with Crippen LogP contribution in [0.25, 0.3) is 22.5 Å². The quantitative estimate of drug-likeness (QED) is 0.643. The smallest absolute Gasteiger partial charge is 0.347 e. The Labute approximate surface area is 150 Å². The van der Waals surface area contributed by atoms with E-state index < -0.39 is 12.1 Å². The monoisotopic (exact) mass is 356 g/mol. The lowest BCUT2D eigenvalue weighted by Crippen LogP contribution is -2.28. The van der Waals surface area contributed by atoms with E-state index in [2.05, 4.69) is 0 Å². The van der Waals surface area contributed by atoms with E-state index in [1.165, 1.54) is 13.2 Å². The summed E-state index contributed by atoms with van der Waals surface area (Å²) in [7, 11) is 0. The van der Waals surface area contributed by atoms with E-state index in [9.17, 15) is 9.59 Å². The molecule has 26 heavy (non-hydrogen) atoms. The Hall–Kier alpha value is -3.02. The topological polar surface area (TPSA) is 78.9 Å². The van der Waals surface area contributed by atoms with Gasteiger partial charge in [-0.05, 0) is 57.0 Å². The van der Waals surface area contributed by atoms with E-state index in [4.69, 9.17) is 18.3 Å². The standard InChI is InChI=1S/C20H20O6/c1-5-23-20(22)13(4)25-19-16(21)14-10-11(2)9-12(3)17(14)26-18(19)15-7-6-8-24-15/h6-10,13H,5H2,1-4H3/t13-/m0/s1. The molecule has 0 spiro atoms. The van der Waals surface area contributed by atoms with Gasteiger partial charge in [0, 0.05) is 0 Å². The first-order chi connectivity index (χ1) is 12.4. The van der Waals surface area contributed by atoms with Gasteiger partial charge in [-0.1, -0.05) is 6.07 Å². The normalized spacial score (nSPS) is 12.2. The zero-order valence-corrected chi connectivity index (χ0v) is 15.1. The largest absolute Gasteiger partial charge is 0.471 e. The Balaban J connectivity index is 2.22. The van der Waals surface area contributed by atoms with Crippen molar-refractivity contribution in [1.82, 2.24) is 0 Å². The molecule has 0 radical (unpaired) electrons. The lowest BCUT2D eigenvalue weighted by Gasteiger charge is -2.15. The summed E-state index contributed by atoms with van der Waals surface area (Å²) in [6.07, 6.45) is 0.509. The fourth-order valence-electron chi connectivity index (χ4n) is 2.79. The molecule has 0 saturated carbocycles. The van der Waals surface area contributed by atoms with Crippen molar-refractivity contribution in [3.8, 4) is 17.3 Å². The van der Waals surface area contributed by atoms with Gasteiger partial charge in [0.05, 0.1) is 18.3 Å². The molecule has 0 saturated heterocycles. The van der Waals surface area contributed by atoms with Crippen LogP contribution in [0.15, 0.2) is 44.2 Å². The number of hydrogen-bond donors (Lipinski definition) is 0. The molecule has 0 fully saturated rings. The van der Waals surface area contributed by atoms with Crippen LogP contribution in [-0.4, -0.2) is 18.7 Å². The maximum absolute atomic E-state index is 13.1. The van der Waals surface area contributed by atoms with Crippen molar-refractivity contribution in [3.05, 3.63) is 51.9 Å². The lowest BCUT2D eigenvalue weighted by molar-refractivity contribution is -0.150. The number of fused-ring (bicyclic) bond motifs is 1. The fourth-order valence-corrected chi connectivity index (χ4v) is 2.79. The SMILES string of the molecule is CCOC(=O)[C@H](C)Oc1c(-c2ccco2)oc2c(C)cc(C)cc2c1=O. The second-order valence-electron chi connectivity index (χ2n) is 6.04. The van der Waals surface area contributed by atoms with Gasteiger partial charge in [-0.3, -0.25) is 4.79 Å². The highest BCUT2D eigenvalue weighted by atomic mass is 16.6. The zero-order chi connectivity index (χ0) is 18.8. The van der Waals surface area contributed by atoms with Crippen LogP contribution in [0.3, 0.4) is 0 Å². The molecule has 6 nitrogen and oxygen atoms in total. The predicted molar refractivity (Wildman–Crippen MR) is 96.4 cm³/mol. The van der Waals surface area contributed by atoms with E-state index in [0.717, 1.165) is 11.1 Å². The fraction of sp³-hybridized carbons (Fsp3) is 0.300. The van der Waals surface area contributed by atoms with Crippen molar-refractivity contribution < 1.29 is 23.1 Å². The molecule has 0 bridgehead atoms. The summed E-state index contributed by atoms with van der Waals surface area (Å²) < 4.78 is 22.0. The zero-order valence-electron chi connectivity index (χ0n) is 15.1. The maximum atomic E-state index is 13.1. The van der Waals surface area contributed by atoms with Crippen LogP contribution in [0.4, 0.5) is 0 Å². The third-order valence-corrected chi connectivity index (χ3v) is 3.94. The summed E-state index contributed by atoms with van der Waals surface area (Å²) in [6, 6.07) is 7.01. The van der Waals surface area contributed by atoms with E-state index >= 15 is 0 Å². The molecule has 0 N–H and O–H groups in total. The van der Waals surface area contributed by atoms with Gasteiger partial charge in [0.15, 0.2) is 11.9 Å². The summed E-state index contributed by atoms with van der Waals surface area (Å²) in [5, 5.41) is 0.392. The highest BCUT2D eigenvalue weighted by Gasteiger charge is 2.25. The number of ether oxygens (including phenoxy) is 2. The number of carbonyl (C=O) groups excluding carboxylic acids is 1. The molecule has 3 aromatic rings. The van der Waals surface area contributed by atoms with Crippen molar-refractivity contribution in [1.29, 1.82) is 0 Å². The summed E-state index contributed by atoms with van der Waals surface area (Å²) in [4.78, 5) is 25.0. The molecule has 0 aliphatic heterocycles. The summed E-state index contributed by atoms with van der Waals surface area (Å²) in [6.45, 7) is 7.21. The molecule has 1 atom stereocenters. The average Bonchev–Trinajstić information content (AvgIpc) is 3.12. The predicted octanol–water partition coefficient (Wildman–Crippen LogP) is 4.00. The first kappa shape index (κ1) is 17.8. The van der Waals surface area contributed by atoms with Gasteiger partial charge < -0.3 is 18.3 Å². The van der Waals surface area contributed by atoms with Crippen LogP contribution in [0.5, 0.6) is 5.75 Å². The van der Waals surface area contributed by atoms with Crippen molar-refractivity contribution in [2.24, 2.45) is 0 Å². The van der Waals surface area contributed by atoms with Crippen molar-refractivity contribution in [2.45, 2.75) is 33.8 Å². The molecule has 1 aromatic carbocycles. The van der Waals surface area contributed by atoms with Gasteiger partial charge in [-0.15, -0.1) is 0 Å². The molecule has 136 valence electrons. The molecule has 6 heteroatoms. The van der Waals surface area contributed by atoms with Gasteiger partial charge in [0.2, 0.25) is 16.9 Å². The van der Waals surface area contributed by atoms with Gasteiger partial charge in [-0.25, -0.2) is 4.79 Å². The molecule has 0 aliphatic rings. The van der Waals surface area contributed by atoms with Crippen molar-refractivity contribution >= 4 is 16.9 Å². The molecule has 3 rings (SSSR count). The second kappa shape index (κ2) is 7.07. The molecular weight excluding hydrogens is 336 g/mol. The maximum Gasteiger partial charge on any atom is 0.347 e. The van der Waals surface area contributed by atoms with E-state index in [1.54, 1.807) is 25.1 Å². The van der Waals surface area contributed by atoms with Crippen molar-refractivity contribution in [3.63, 3.8) is 0 Å². The Morgan fingerprint density at radius 3 is 2.69 bits per heavy atom. The number of benzene rings is 1. The highest BCUT2D eigenvalue weighted by molar-refractivity contribution is 5.84. The molecule has 2 aromatic heterocycles. The third kappa shape index (κ3) is 3.22. The molecule has 2 heterocycles. The van der Waals surface area contributed by atoms with E-state index in [1.807, 2.05) is 19.9 Å². The first-order valence-corrected chi connectivity index (χ1v) is 8.37. The Bertz CT molecular complexity index is 997. The first-order valence-electron chi connectivity index (χ1n) is 8.37. The number of rotatable bonds is 5. The Morgan fingerprint density at radius 2 is 2.04 bits per heavy atom. The number of aryl methyl sites for hydroxylation is 2.